The highest BCUT2D eigenvalue weighted by Gasteiger charge is 2.11. The quantitative estimate of drug-likeness (QED) is 0.895. The minimum Gasteiger partial charge on any atom is -0.324 e. The molecule has 0 spiro atoms. The van der Waals surface area contributed by atoms with E-state index in [1.165, 1.54) is 25.4 Å². The first kappa shape index (κ1) is 12.8. The first-order valence-electron chi connectivity index (χ1n) is 5.64. The van der Waals surface area contributed by atoms with Gasteiger partial charge in [0.25, 0.3) is 0 Å². The number of halogens is 1. The minimum atomic E-state index is 0.0837. The Morgan fingerprint density at radius 1 is 1.24 bits per heavy atom. The monoisotopic (exact) mass is 309 g/mol. The Hall–Kier alpha value is -0.640. The lowest BCUT2D eigenvalue weighted by atomic mass is 9.96. The van der Waals surface area contributed by atoms with Gasteiger partial charge in [0.1, 0.15) is 0 Å². The van der Waals surface area contributed by atoms with Crippen LogP contribution in [0.15, 0.2) is 34.1 Å². The second-order valence-electron chi connectivity index (χ2n) is 4.31. The molecule has 0 saturated carbocycles. The van der Waals surface area contributed by atoms with Crippen LogP contribution in [-0.4, -0.2) is 0 Å². The molecule has 90 valence electrons. The van der Waals surface area contributed by atoms with E-state index in [1.54, 1.807) is 11.3 Å². The first-order chi connectivity index (χ1) is 8.08. The average molecular weight is 310 g/mol. The highest BCUT2D eigenvalue weighted by molar-refractivity contribution is 9.11. The molecule has 0 aliphatic carbocycles. The van der Waals surface area contributed by atoms with Gasteiger partial charge in [-0.1, -0.05) is 18.2 Å². The van der Waals surface area contributed by atoms with Gasteiger partial charge in [-0.25, -0.2) is 0 Å². The lowest BCUT2D eigenvalue weighted by Crippen LogP contribution is -2.14. The van der Waals surface area contributed by atoms with E-state index < -0.39 is 0 Å². The summed E-state index contributed by atoms with van der Waals surface area (Å²) in [4.78, 5) is 1.32. The molecule has 17 heavy (non-hydrogen) atoms. The number of benzene rings is 1. The fourth-order valence-corrected chi connectivity index (χ4v) is 3.51. The molecule has 0 fully saturated rings. The van der Waals surface area contributed by atoms with E-state index in [2.05, 4.69) is 60.1 Å². The number of nitrogens with two attached hydrogens (primary N) is 1. The minimum absolute atomic E-state index is 0.0837. The van der Waals surface area contributed by atoms with Crippen LogP contribution in [0.2, 0.25) is 0 Å². The standard InChI is InChI=1S/C14H16BrNS/c1-9-4-3-5-12(10(9)2)13(16)8-11-6-7-14(15)17-11/h3-7,13H,8,16H2,1-2H3. The Balaban J connectivity index is 2.20. The Kier molecular flexibility index (Phi) is 4.02. The van der Waals surface area contributed by atoms with Crippen LogP contribution in [0.5, 0.6) is 0 Å². The zero-order chi connectivity index (χ0) is 12.4. The summed E-state index contributed by atoms with van der Waals surface area (Å²) >= 11 is 5.24. The molecule has 0 radical (unpaired) electrons. The molecule has 1 aromatic carbocycles. The van der Waals surface area contributed by atoms with Gasteiger partial charge in [-0.05, 0) is 58.6 Å². The summed E-state index contributed by atoms with van der Waals surface area (Å²) in [5.41, 5.74) is 10.2. The maximum absolute atomic E-state index is 6.30. The van der Waals surface area contributed by atoms with E-state index in [0.29, 0.717) is 0 Å². The van der Waals surface area contributed by atoms with Crippen molar-refractivity contribution in [3.05, 3.63) is 55.7 Å². The molecule has 2 rings (SSSR count). The molecule has 1 heterocycles. The van der Waals surface area contributed by atoms with Crippen molar-refractivity contribution in [2.45, 2.75) is 26.3 Å². The number of rotatable bonds is 3. The van der Waals surface area contributed by atoms with Crippen molar-refractivity contribution in [2.24, 2.45) is 5.73 Å². The third-order valence-electron chi connectivity index (χ3n) is 3.10. The van der Waals surface area contributed by atoms with Crippen LogP contribution in [0.4, 0.5) is 0 Å². The number of aryl methyl sites for hydroxylation is 1. The van der Waals surface area contributed by atoms with Gasteiger partial charge in [-0.3, -0.25) is 0 Å². The van der Waals surface area contributed by atoms with Crippen molar-refractivity contribution in [3.8, 4) is 0 Å². The lowest BCUT2D eigenvalue weighted by molar-refractivity contribution is 0.723. The molecule has 2 N–H and O–H groups in total. The molecule has 0 aliphatic heterocycles. The van der Waals surface area contributed by atoms with Gasteiger partial charge in [0, 0.05) is 17.3 Å². The molecule has 0 bridgehead atoms. The second-order valence-corrected chi connectivity index (χ2v) is 6.85. The van der Waals surface area contributed by atoms with Crippen molar-refractivity contribution in [1.82, 2.24) is 0 Å². The Morgan fingerprint density at radius 3 is 2.65 bits per heavy atom. The van der Waals surface area contributed by atoms with Crippen LogP contribution in [0.1, 0.15) is 27.6 Å². The highest BCUT2D eigenvalue weighted by atomic mass is 79.9. The predicted molar refractivity (Wildman–Crippen MR) is 78.6 cm³/mol. The zero-order valence-corrected chi connectivity index (χ0v) is 12.4. The Labute approximate surface area is 115 Å². The molecule has 1 aromatic heterocycles. The summed E-state index contributed by atoms with van der Waals surface area (Å²) < 4.78 is 1.17. The van der Waals surface area contributed by atoms with Crippen LogP contribution >= 0.6 is 27.3 Å². The summed E-state index contributed by atoms with van der Waals surface area (Å²) in [6.07, 6.45) is 0.903. The van der Waals surface area contributed by atoms with Gasteiger partial charge < -0.3 is 5.73 Å². The third kappa shape index (κ3) is 2.97. The van der Waals surface area contributed by atoms with Crippen LogP contribution in [0.25, 0.3) is 0 Å². The predicted octanol–water partition coefficient (Wildman–Crippen LogP) is 4.37. The Bertz CT molecular complexity index is 519. The van der Waals surface area contributed by atoms with Crippen molar-refractivity contribution in [2.75, 3.05) is 0 Å². The fourth-order valence-electron chi connectivity index (χ4n) is 1.96. The van der Waals surface area contributed by atoms with Crippen molar-refractivity contribution < 1.29 is 0 Å². The number of hydrogen-bond acceptors (Lipinski definition) is 2. The van der Waals surface area contributed by atoms with Gasteiger partial charge in [-0.2, -0.15) is 0 Å². The van der Waals surface area contributed by atoms with E-state index in [4.69, 9.17) is 5.73 Å². The molecule has 0 amide bonds. The summed E-state index contributed by atoms with van der Waals surface area (Å²) in [7, 11) is 0. The van der Waals surface area contributed by atoms with E-state index in [-0.39, 0.29) is 6.04 Å². The summed E-state index contributed by atoms with van der Waals surface area (Å²) in [6, 6.07) is 10.7. The molecule has 0 saturated heterocycles. The van der Waals surface area contributed by atoms with Gasteiger partial charge in [-0.15, -0.1) is 11.3 Å². The topological polar surface area (TPSA) is 26.0 Å². The number of hydrogen-bond donors (Lipinski definition) is 1. The van der Waals surface area contributed by atoms with Crippen LogP contribution in [0, 0.1) is 13.8 Å². The second kappa shape index (κ2) is 5.34. The number of thiophene rings is 1. The van der Waals surface area contributed by atoms with Crippen LogP contribution in [-0.2, 0) is 6.42 Å². The smallest absolute Gasteiger partial charge is 0.0701 e. The third-order valence-corrected chi connectivity index (χ3v) is 4.74. The molecule has 0 aliphatic rings. The average Bonchev–Trinajstić information content (AvgIpc) is 2.68. The highest BCUT2D eigenvalue weighted by Crippen LogP contribution is 2.27. The zero-order valence-electron chi connectivity index (χ0n) is 10.0. The normalized spacial score (nSPS) is 12.7. The molecule has 3 heteroatoms. The molecule has 1 unspecified atom stereocenters. The summed E-state index contributed by atoms with van der Waals surface area (Å²) in [5, 5.41) is 0. The molecule has 2 aromatic rings. The fraction of sp³-hybridized carbons (Fsp3) is 0.286. The maximum Gasteiger partial charge on any atom is 0.0701 e. The van der Waals surface area contributed by atoms with Gasteiger partial charge >= 0.3 is 0 Å². The molecule has 1 atom stereocenters. The van der Waals surface area contributed by atoms with Crippen molar-refractivity contribution in [1.29, 1.82) is 0 Å². The lowest BCUT2D eigenvalue weighted by Gasteiger charge is -2.15. The van der Waals surface area contributed by atoms with Crippen molar-refractivity contribution >= 4 is 27.3 Å². The van der Waals surface area contributed by atoms with Crippen molar-refractivity contribution in [3.63, 3.8) is 0 Å². The van der Waals surface area contributed by atoms with Crippen LogP contribution in [0.3, 0.4) is 0 Å². The van der Waals surface area contributed by atoms with Gasteiger partial charge in [0.05, 0.1) is 3.79 Å². The Morgan fingerprint density at radius 2 is 2.00 bits per heavy atom. The molecular weight excluding hydrogens is 294 g/mol. The summed E-state index contributed by atoms with van der Waals surface area (Å²) in [5.74, 6) is 0. The van der Waals surface area contributed by atoms with E-state index in [9.17, 15) is 0 Å². The van der Waals surface area contributed by atoms with E-state index in [1.807, 2.05) is 0 Å². The van der Waals surface area contributed by atoms with Crippen LogP contribution < -0.4 is 5.73 Å². The van der Waals surface area contributed by atoms with Gasteiger partial charge in [0.2, 0.25) is 0 Å². The first-order valence-corrected chi connectivity index (χ1v) is 7.25. The van der Waals surface area contributed by atoms with E-state index >= 15 is 0 Å². The SMILES string of the molecule is Cc1cccc(C(N)Cc2ccc(Br)s2)c1C. The van der Waals surface area contributed by atoms with Gasteiger partial charge in [0.15, 0.2) is 0 Å². The van der Waals surface area contributed by atoms with E-state index in [0.717, 1.165) is 6.42 Å². The largest absolute Gasteiger partial charge is 0.324 e. The molecular formula is C14H16BrNS. The summed E-state index contributed by atoms with van der Waals surface area (Å²) in [6.45, 7) is 4.28. The maximum atomic E-state index is 6.30. The molecule has 1 nitrogen and oxygen atoms in total.